The molecule has 1 rings (SSSR count). The average molecular weight is 558 g/mol. The fraction of sp³-hybridized carbons (Fsp3) is 0.710. The molecule has 0 bridgehead atoms. The highest BCUT2D eigenvalue weighted by molar-refractivity contribution is 5.98. The minimum atomic E-state index is -5.02. The zero-order valence-electron chi connectivity index (χ0n) is 25.2. The van der Waals surface area contributed by atoms with Crippen LogP contribution in [0.5, 0.6) is 17.2 Å². The quantitative estimate of drug-likeness (QED) is 0.169. The lowest BCUT2D eigenvalue weighted by Crippen LogP contribution is -2.41. The molecule has 8 heteroatoms. The van der Waals surface area contributed by atoms with E-state index in [-0.39, 0.29) is 29.5 Å². The number of benzene rings is 1. The van der Waals surface area contributed by atoms with Crippen LogP contribution in [0.4, 0.5) is 18.9 Å². The van der Waals surface area contributed by atoms with Gasteiger partial charge in [0.25, 0.3) is 0 Å². The van der Waals surface area contributed by atoms with Gasteiger partial charge in [-0.15, -0.1) is 0 Å². The second-order valence-electron chi connectivity index (χ2n) is 11.2. The zero-order chi connectivity index (χ0) is 29.6. The molecule has 0 fully saturated rings. The third kappa shape index (κ3) is 12.6. The first kappa shape index (κ1) is 34.6. The summed E-state index contributed by atoms with van der Waals surface area (Å²) in [5.41, 5.74) is 0.969. The number of carbonyl (C=O) groups excluding carboxylic acids is 1. The van der Waals surface area contributed by atoms with Gasteiger partial charge in [0.2, 0.25) is 5.75 Å². The van der Waals surface area contributed by atoms with Crippen molar-refractivity contribution in [1.82, 2.24) is 0 Å². The number of methoxy groups -OCH3 is 3. The molecular formula is C31H50F3NO4. The Bertz CT molecular complexity index is 873. The van der Waals surface area contributed by atoms with E-state index in [0.29, 0.717) is 10.8 Å². The molecule has 0 aliphatic rings. The molecule has 1 amide bonds. The molecule has 0 saturated carbocycles. The maximum Gasteiger partial charge on any atom is 0.471 e. The first-order chi connectivity index (χ1) is 18.3. The largest absolute Gasteiger partial charge is 0.493 e. The highest BCUT2D eigenvalue weighted by atomic mass is 19.4. The summed E-state index contributed by atoms with van der Waals surface area (Å²) in [6.07, 6.45) is 7.11. The van der Waals surface area contributed by atoms with Crippen molar-refractivity contribution in [2.45, 2.75) is 98.6 Å². The SMILES string of the molecule is COc1cc(N(CC=C(C)CCCC(C)CCCC(C)CCCC(C)C)C(=O)C(F)(F)F)cc(OC)c1OC. The van der Waals surface area contributed by atoms with Crippen molar-refractivity contribution in [3.63, 3.8) is 0 Å². The van der Waals surface area contributed by atoms with Crippen LogP contribution >= 0.6 is 0 Å². The Hall–Kier alpha value is -2.38. The third-order valence-corrected chi connectivity index (χ3v) is 7.21. The molecule has 0 aliphatic heterocycles. The number of amides is 1. The van der Waals surface area contributed by atoms with Gasteiger partial charge < -0.3 is 19.1 Å². The molecule has 0 spiro atoms. The van der Waals surface area contributed by atoms with E-state index in [1.54, 1.807) is 6.08 Å². The highest BCUT2D eigenvalue weighted by Gasteiger charge is 2.43. The van der Waals surface area contributed by atoms with Crippen LogP contribution in [0.3, 0.4) is 0 Å². The summed E-state index contributed by atoms with van der Waals surface area (Å²) in [4.78, 5) is 13.0. The number of anilines is 1. The summed E-state index contributed by atoms with van der Waals surface area (Å²) in [6, 6.07) is 2.70. The van der Waals surface area contributed by atoms with Crippen LogP contribution < -0.4 is 19.1 Å². The molecule has 1 aromatic rings. The molecule has 2 atom stereocenters. The second-order valence-corrected chi connectivity index (χ2v) is 11.2. The third-order valence-electron chi connectivity index (χ3n) is 7.21. The van der Waals surface area contributed by atoms with Crippen LogP contribution in [0.1, 0.15) is 92.4 Å². The second kappa shape index (κ2) is 17.3. The van der Waals surface area contributed by atoms with E-state index >= 15 is 0 Å². The van der Waals surface area contributed by atoms with Crippen molar-refractivity contribution < 1.29 is 32.2 Å². The lowest BCUT2D eigenvalue weighted by atomic mass is 9.91. The van der Waals surface area contributed by atoms with Crippen LogP contribution in [0, 0.1) is 17.8 Å². The smallest absolute Gasteiger partial charge is 0.471 e. The standard InChI is InChI=1S/C31H50F3NO4/c1-22(2)12-9-13-23(3)14-10-15-24(4)16-11-17-25(5)18-19-35(30(36)31(32,33)34)26-20-27(37-6)29(39-8)28(21-26)38-7/h18,20-24H,9-17,19H2,1-8H3. The van der Waals surface area contributed by atoms with Gasteiger partial charge in [0.05, 0.1) is 27.0 Å². The van der Waals surface area contributed by atoms with Crippen molar-refractivity contribution in [2.24, 2.45) is 17.8 Å². The number of alkyl halides is 3. The molecule has 224 valence electrons. The van der Waals surface area contributed by atoms with Gasteiger partial charge in [-0.05, 0) is 37.5 Å². The van der Waals surface area contributed by atoms with Crippen molar-refractivity contribution in [1.29, 1.82) is 0 Å². The minimum absolute atomic E-state index is 0.0166. The van der Waals surface area contributed by atoms with Crippen molar-refractivity contribution in [2.75, 3.05) is 32.8 Å². The Morgan fingerprint density at radius 3 is 1.77 bits per heavy atom. The van der Waals surface area contributed by atoms with Crippen LogP contribution in [-0.2, 0) is 4.79 Å². The molecule has 0 aromatic heterocycles. The maximum atomic E-state index is 13.5. The first-order valence-corrected chi connectivity index (χ1v) is 14.2. The zero-order valence-corrected chi connectivity index (χ0v) is 25.2. The summed E-state index contributed by atoms with van der Waals surface area (Å²) in [7, 11) is 4.15. The van der Waals surface area contributed by atoms with Crippen LogP contribution in [0.25, 0.3) is 0 Å². The summed E-state index contributed by atoms with van der Waals surface area (Å²) >= 11 is 0. The molecule has 0 aliphatic carbocycles. The van der Waals surface area contributed by atoms with Gasteiger partial charge in [0.15, 0.2) is 11.5 Å². The predicted molar refractivity (Wildman–Crippen MR) is 153 cm³/mol. The lowest BCUT2D eigenvalue weighted by molar-refractivity contribution is -0.170. The number of hydrogen-bond donors (Lipinski definition) is 0. The Kier molecular flexibility index (Phi) is 15.4. The van der Waals surface area contributed by atoms with Crippen molar-refractivity contribution >= 4 is 11.6 Å². The topological polar surface area (TPSA) is 48.0 Å². The fourth-order valence-electron chi connectivity index (χ4n) is 4.74. The summed E-state index contributed by atoms with van der Waals surface area (Å²) < 4.78 is 56.1. The van der Waals surface area contributed by atoms with E-state index < -0.39 is 12.1 Å². The van der Waals surface area contributed by atoms with Gasteiger partial charge in [0, 0.05) is 18.7 Å². The van der Waals surface area contributed by atoms with Gasteiger partial charge in [-0.2, -0.15) is 13.2 Å². The average Bonchev–Trinajstić information content (AvgIpc) is 2.87. The molecule has 0 saturated heterocycles. The minimum Gasteiger partial charge on any atom is -0.493 e. The fourth-order valence-corrected chi connectivity index (χ4v) is 4.74. The van der Waals surface area contributed by atoms with Gasteiger partial charge in [-0.25, -0.2) is 0 Å². The van der Waals surface area contributed by atoms with E-state index in [1.807, 2.05) is 6.92 Å². The van der Waals surface area contributed by atoms with Crippen molar-refractivity contribution in [3.8, 4) is 17.2 Å². The molecule has 0 N–H and O–H groups in total. The van der Waals surface area contributed by atoms with Gasteiger partial charge >= 0.3 is 12.1 Å². The number of ether oxygens (including phenoxy) is 3. The van der Waals surface area contributed by atoms with E-state index in [0.717, 1.165) is 36.7 Å². The molecule has 2 unspecified atom stereocenters. The Balaban J connectivity index is 2.73. The normalized spacial score (nSPS) is 13.8. The van der Waals surface area contributed by atoms with E-state index in [9.17, 15) is 18.0 Å². The Labute approximate surface area is 234 Å². The molecule has 0 heterocycles. The van der Waals surface area contributed by atoms with Crippen LogP contribution in [0.2, 0.25) is 0 Å². The molecule has 39 heavy (non-hydrogen) atoms. The molecule has 5 nitrogen and oxygen atoms in total. The van der Waals surface area contributed by atoms with Gasteiger partial charge in [-0.3, -0.25) is 4.79 Å². The van der Waals surface area contributed by atoms with Gasteiger partial charge in [-0.1, -0.05) is 84.3 Å². The summed E-state index contributed by atoms with van der Waals surface area (Å²) in [5, 5.41) is 0. The highest BCUT2D eigenvalue weighted by Crippen LogP contribution is 2.41. The number of rotatable bonds is 18. The number of halogens is 3. The monoisotopic (exact) mass is 557 g/mol. The first-order valence-electron chi connectivity index (χ1n) is 14.2. The van der Waals surface area contributed by atoms with E-state index in [2.05, 4.69) is 27.7 Å². The Morgan fingerprint density at radius 1 is 0.846 bits per heavy atom. The van der Waals surface area contributed by atoms with Crippen LogP contribution in [0.15, 0.2) is 23.8 Å². The van der Waals surface area contributed by atoms with Gasteiger partial charge in [0.1, 0.15) is 0 Å². The number of nitrogens with zero attached hydrogens (tertiary/aromatic N) is 1. The van der Waals surface area contributed by atoms with E-state index in [4.69, 9.17) is 14.2 Å². The number of allylic oxidation sites excluding steroid dienone is 1. The molecule has 1 aromatic carbocycles. The summed E-state index contributed by atoms with van der Waals surface area (Å²) in [5.74, 6) is 0.796. The Morgan fingerprint density at radius 2 is 1.33 bits per heavy atom. The predicted octanol–water partition coefficient (Wildman–Crippen LogP) is 8.99. The number of hydrogen-bond acceptors (Lipinski definition) is 4. The van der Waals surface area contributed by atoms with Crippen LogP contribution in [-0.4, -0.2) is 40.0 Å². The maximum absolute atomic E-state index is 13.5. The molecule has 0 radical (unpaired) electrons. The summed E-state index contributed by atoms with van der Waals surface area (Å²) in [6.45, 7) is 10.9. The van der Waals surface area contributed by atoms with E-state index in [1.165, 1.54) is 72.0 Å². The number of carbonyl (C=O) groups is 1. The molecular weight excluding hydrogens is 507 g/mol. The van der Waals surface area contributed by atoms with Crippen molar-refractivity contribution in [3.05, 3.63) is 23.8 Å². The lowest BCUT2D eigenvalue weighted by Gasteiger charge is -2.25.